The van der Waals surface area contributed by atoms with E-state index in [1.165, 1.54) is 11.6 Å². The van der Waals surface area contributed by atoms with Crippen LogP contribution in [-0.4, -0.2) is 19.2 Å². The maximum atomic E-state index is 14.7. The van der Waals surface area contributed by atoms with Crippen LogP contribution in [0.5, 0.6) is 0 Å². The SMILES string of the molecule is CCNC[C@H]1CC[C@@H]2[C@H](O1)c1cc(Br)cc(F)c1N[C@H]2c1ccccc1. The van der Waals surface area contributed by atoms with E-state index in [2.05, 4.69) is 45.6 Å². The molecule has 0 radical (unpaired) electrons. The standard InChI is InChI=1S/C21H24BrFN2O/c1-2-24-12-15-8-9-16-19(13-6-4-3-5-7-13)25-20-17(21(16)26-15)10-14(22)11-18(20)23/h3-7,10-11,15-16,19,21,24-25H,2,8-9,12H2,1H3/t15-,16+,19+,21+/m1/s1. The third-order valence-corrected chi connectivity index (χ3v) is 5.91. The minimum absolute atomic E-state index is 0.0597. The monoisotopic (exact) mass is 418 g/mol. The van der Waals surface area contributed by atoms with E-state index in [0.717, 1.165) is 36.0 Å². The normalized spacial score (nSPS) is 27.3. The minimum Gasteiger partial charge on any atom is -0.375 e. The molecule has 1 saturated heterocycles. The molecular formula is C21H24BrFN2O. The number of hydrogen-bond acceptors (Lipinski definition) is 3. The van der Waals surface area contributed by atoms with Crippen LogP contribution in [0.2, 0.25) is 0 Å². The van der Waals surface area contributed by atoms with Gasteiger partial charge in [-0.05, 0) is 37.1 Å². The van der Waals surface area contributed by atoms with Gasteiger partial charge in [0, 0.05) is 22.5 Å². The Morgan fingerprint density at radius 1 is 1.23 bits per heavy atom. The summed E-state index contributed by atoms with van der Waals surface area (Å²) in [6.07, 6.45) is 2.15. The zero-order valence-electron chi connectivity index (χ0n) is 14.8. The van der Waals surface area contributed by atoms with Crippen molar-refractivity contribution in [1.29, 1.82) is 0 Å². The second-order valence-corrected chi connectivity index (χ2v) is 8.03. The summed E-state index contributed by atoms with van der Waals surface area (Å²) in [4.78, 5) is 0. The highest BCUT2D eigenvalue weighted by molar-refractivity contribution is 9.10. The quantitative estimate of drug-likeness (QED) is 0.715. The maximum absolute atomic E-state index is 14.7. The van der Waals surface area contributed by atoms with Gasteiger partial charge >= 0.3 is 0 Å². The summed E-state index contributed by atoms with van der Waals surface area (Å²) in [5.41, 5.74) is 2.69. The van der Waals surface area contributed by atoms with Crippen molar-refractivity contribution in [2.75, 3.05) is 18.4 Å². The molecule has 0 saturated carbocycles. The molecule has 0 aliphatic carbocycles. The first-order valence-electron chi connectivity index (χ1n) is 9.34. The predicted molar refractivity (Wildman–Crippen MR) is 106 cm³/mol. The molecule has 4 atom stereocenters. The van der Waals surface area contributed by atoms with Gasteiger partial charge in [0.25, 0.3) is 0 Å². The molecule has 2 aliphatic rings. The van der Waals surface area contributed by atoms with Gasteiger partial charge < -0.3 is 15.4 Å². The average molecular weight is 419 g/mol. The number of ether oxygens (including phenoxy) is 1. The summed E-state index contributed by atoms with van der Waals surface area (Å²) in [6.45, 7) is 3.87. The molecule has 0 bridgehead atoms. The molecule has 0 amide bonds. The van der Waals surface area contributed by atoms with E-state index >= 15 is 0 Å². The van der Waals surface area contributed by atoms with Crippen LogP contribution in [0, 0.1) is 11.7 Å². The van der Waals surface area contributed by atoms with Gasteiger partial charge in [-0.1, -0.05) is 53.2 Å². The molecule has 3 nitrogen and oxygen atoms in total. The van der Waals surface area contributed by atoms with Crippen molar-refractivity contribution in [3.05, 3.63) is 63.9 Å². The Morgan fingerprint density at radius 2 is 2.04 bits per heavy atom. The lowest BCUT2D eigenvalue weighted by atomic mass is 9.76. The molecule has 138 valence electrons. The fourth-order valence-electron chi connectivity index (χ4n) is 4.23. The van der Waals surface area contributed by atoms with Crippen LogP contribution in [0.1, 0.15) is 43.0 Å². The number of likely N-dealkylation sites (N-methyl/N-ethyl adjacent to an activating group) is 1. The van der Waals surface area contributed by atoms with Gasteiger partial charge in [-0.2, -0.15) is 0 Å². The first-order valence-corrected chi connectivity index (χ1v) is 10.1. The van der Waals surface area contributed by atoms with Gasteiger partial charge in [-0.25, -0.2) is 4.39 Å². The second-order valence-electron chi connectivity index (χ2n) is 7.11. The summed E-state index contributed by atoms with van der Waals surface area (Å²) in [5.74, 6) is 0.0580. The Bertz CT molecular complexity index is 770. The highest BCUT2D eigenvalue weighted by atomic mass is 79.9. The van der Waals surface area contributed by atoms with E-state index in [-0.39, 0.29) is 30.0 Å². The Hall–Kier alpha value is -1.43. The zero-order chi connectivity index (χ0) is 18.1. The molecule has 2 aromatic rings. The summed E-state index contributed by atoms with van der Waals surface area (Å²) in [5, 5.41) is 6.85. The van der Waals surface area contributed by atoms with Gasteiger partial charge in [0.15, 0.2) is 0 Å². The predicted octanol–water partition coefficient (Wildman–Crippen LogP) is 5.20. The van der Waals surface area contributed by atoms with Crippen LogP contribution < -0.4 is 10.6 Å². The van der Waals surface area contributed by atoms with Gasteiger partial charge in [0.05, 0.1) is 23.9 Å². The lowest BCUT2D eigenvalue weighted by Crippen LogP contribution is -2.42. The third kappa shape index (κ3) is 3.40. The number of rotatable bonds is 4. The first-order chi connectivity index (χ1) is 12.7. The Kier molecular flexibility index (Phi) is 5.30. The number of benzene rings is 2. The Labute approximate surface area is 162 Å². The summed E-state index contributed by atoms with van der Waals surface area (Å²) in [6, 6.07) is 13.9. The smallest absolute Gasteiger partial charge is 0.147 e. The second kappa shape index (κ2) is 7.67. The van der Waals surface area contributed by atoms with Crippen molar-refractivity contribution >= 4 is 21.6 Å². The third-order valence-electron chi connectivity index (χ3n) is 5.45. The summed E-state index contributed by atoms with van der Waals surface area (Å²) in [7, 11) is 0. The summed E-state index contributed by atoms with van der Waals surface area (Å²) < 4.78 is 22.0. The average Bonchev–Trinajstić information content (AvgIpc) is 2.66. The van der Waals surface area contributed by atoms with Gasteiger partial charge in [-0.3, -0.25) is 0 Å². The molecule has 2 aliphatic heterocycles. The number of anilines is 1. The lowest BCUT2D eigenvalue weighted by molar-refractivity contribution is -0.0916. The molecule has 0 unspecified atom stereocenters. The molecule has 1 fully saturated rings. The van der Waals surface area contributed by atoms with Crippen molar-refractivity contribution in [1.82, 2.24) is 5.32 Å². The molecule has 4 rings (SSSR count). The van der Waals surface area contributed by atoms with Gasteiger partial charge in [0.2, 0.25) is 0 Å². The van der Waals surface area contributed by atoms with Crippen LogP contribution in [0.15, 0.2) is 46.9 Å². The highest BCUT2D eigenvalue weighted by Gasteiger charge is 2.43. The van der Waals surface area contributed by atoms with Crippen molar-refractivity contribution in [2.24, 2.45) is 5.92 Å². The molecular weight excluding hydrogens is 395 g/mol. The van der Waals surface area contributed by atoms with Crippen molar-refractivity contribution in [3.8, 4) is 0 Å². The van der Waals surface area contributed by atoms with E-state index in [1.807, 2.05) is 24.3 Å². The van der Waals surface area contributed by atoms with Gasteiger partial charge in [0.1, 0.15) is 5.82 Å². The Morgan fingerprint density at radius 3 is 2.81 bits per heavy atom. The number of nitrogens with one attached hydrogen (secondary N) is 2. The fraction of sp³-hybridized carbons (Fsp3) is 0.429. The van der Waals surface area contributed by atoms with Gasteiger partial charge in [-0.15, -0.1) is 0 Å². The van der Waals surface area contributed by atoms with E-state index in [4.69, 9.17) is 4.74 Å². The van der Waals surface area contributed by atoms with Crippen LogP contribution in [0.4, 0.5) is 10.1 Å². The molecule has 2 heterocycles. The van der Waals surface area contributed by atoms with Crippen LogP contribution in [0.25, 0.3) is 0 Å². The fourth-order valence-corrected chi connectivity index (χ4v) is 4.68. The molecule has 26 heavy (non-hydrogen) atoms. The largest absolute Gasteiger partial charge is 0.375 e. The lowest BCUT2D eigenvalue weighted by Gasteiger charge is -2.46. The highest BCUT2D eigenvalue weighted by Crippen LogP contribution is 2.51. The minimum atomic E-state index is -0.230. The number of hydrogen-bond donors (Lipinski definition) is 2. The zero-order valence-corrected chi connectivity index (χ0v) is 16.4. The summed E-state index contributed by atoms with van der Waals surface area (Å²) >= 11 is 3.44. The van der Waals surface area contributed by atoms with Crippen LogP contribution in [0.3, 0.4) is 0 Å². The maximum Gasteiger partial charge on any atom is 0.147 e. The molecule has 5 heteroatoms. The van der Waals surface area contributed by atoms with E-state index < -0.39 is 0 Å². The number of halogens is 2. The van der Waals surface area contributed by atoms with E-state index in [0.29, 0.717) is 5.69 Å². The molecule has 2 aromatic carbocycles. The van der Waals surface area contributed by atoms with Crippen molar-refractivity contribution in [2.45, 2.75) is 38.0 Å². The van der Waals surface area contributed by atoms with E-state index in [1.54, 1.807) is 0 Å². The van der Waals surface area contributed by atoms with Crippen LogP contribution in [-0.2, 0) is 4.74 Å². The Balaban J connectivity index is 1.72. The first kappa shape index (κ1) is 18.0. The number of fused-ring (bicyclic) bond motifs is 3. The van der Waals surface area contributed by atoms with Crippen LogP contribution >= 0.6 is 15.9 Å². The molecule has 0 spiro atoms. The molecule has 0 aromatic heterocycles. The van der Waals surface area contributed by atoms with Crippen molar-refractivity contribution in [3.63, 3.8) is 0 Å². The topological polar surface area (TPSA) is 33.3 Å². The molecule has 2 N–H and O–H groups in total. The van der Waals surface area contributed by atoms with Crippen molar-refractivity contribution < 1.29 is 9.13 Å². The van der Waals surface area contributed by atoms with E-state index in [9.17, 15) is 4.39 Å².